The van der Waals surface area contributed by atoms with Crippen LogP contribution in [0.2, 0.25) is 0 Å². The Hall–Kier alpha value is -1.84. The second kappa shape index (κ2) is 5.75. The summed E-state index contributed by atoms with van der Waals surface area (Å²) in [5.41, 5.74) is 1.10. The summed E-state index contributed by atoms with van der Waals surface area (Å²) in [5.74, 6) is -0.892. The summed E-state index contributed by atoms with van der Waals surface area (Å²) in [7, 11) is 0. The highest BCUT2D eigenvalue weighted by molar-refractivity contribution is 5.72. The first kappa shape index (κ1) is 10.2. The van der Waals surface area contributed by atoms with Gasteiger partial charge in [-0.05, 0) is 5.56 Å². The molecule has 2 N–H and O–H groups in total. The van der Waals surface area contributed by atoms with E-state index in [0.717, 1.165) is 5.56 Å². The van der Waals surface area contributed by atoms with Crippen LogP contribution < -0.4 is 5.32 Å². The molecule has 1 aromatic carbocycles. The molecule has 0 aromatic heterocycles. The number of carboxylic acids is 1. The topological polar surface area (TPSA) is 61.7 Å². The van der Waals surface area contributed by atoms with Crippen LogP contribution in [0.1, 0.15) is 5.56 Å². The molecular weight excluding hydrogens is 180 g/mol. The van der Waals surface area contributed by atoms with Gasteiger partial charge in [-0.2, -0.15) is 0 Å². The average molecular weight is 192 g/mol. The van der Waals surface area contributed by atoms with Gasteiger partial charge in [0.15, 0.2) is 0 Å². The summed E-state index contributed by atoms with van der Waals surface area (Å²) in [6.07, 6.45) is 1.42. The summed E-state index contributed by atoms with van der Waals surface area (Å²) in [4.78, 5) is 14.1. The van der Waals surface area contributed by atoms with Crippen molar-refractivity contribution in [3.63, 3.8) is 0 Å². The molecule has 0 aliphatic carbocycles. The molecule has 0 spiro atoms. The van der Waals surface area contributed by atoms with E-state index < -0.39 is 5.97 Å². The molecule has 4 nitrogen and oxygen atoms in total. The average Bonchev–Trinajstić information content (AvgIpc) is 2.18. The van der Waals surface area contributed by atoms with Crippen LogP contribution in [0.15, 0.2) is 35.3 Å². The third-order valence-electron chi connectivity index (χ3n) is 1.55. The first-order chi connectivity index (χ1) is 6.79. The van der Waals surface area contributed by atoms with Crippen LogP contribution in [-0.4, -0.2) is 24.0 Å². The molecule has 0 atom stereocenters. The van der Waals surface area contributed by atoms with Crippen molar-refractivity contribution in [2.24, 2.45) is 4.99 Å². The highest BCUT2D eigenvalue weighted by Gasteiger charge is 1.90. The van der Waals surface area contributed by atoms with Gasteiger partial charge >= 0.3 is 5.97 Å². The first-order valence-corrected chi connectivity index (χ1v) is 4.26. The zero-order valence-electron chi connectivity index (χ0n) is 7.68. The summed E-state index contributed by atoms with van der Waals surface area (Å²) in [6.45, 7) is 0.464. The van der Waals surface area contributed by atoms with Crippen molar-refractivity contribution in [1.29, 1.82) is 0 Å². The molecule has 0 fully saturated rings. The number of hydrogen-bond acceptors (Lipinski definition) is 2. The van der Waals surface area contributed by atoms with E-state index in [9.17, 15) is 4.79 Å². The standard InChI is InChI=1S/C10H12N2O2/c13-10(14)7-12-8-11-6-9-4-2-1-3-5-9/h1-5,8H,6-7H2,(H,11,12)(H,13,14). The fourth-order valence-corrected chi connectivity index (χ4v) is 0.932. The number of benzene rings is 1. The monoisotopic (exact) mass is 192 g/mol. The first-order valence-electron chi connectivity index (χ1n) is 4.26. The third kappa shape index (κ3) is 4.25. The third-order valence-corrected chi connectivity index (χ3v) is 1.55. The Morgan fingerprint density at radius 3 is 2.79 bits per heavy atom. The summed E-state index contributed by atoms with van der Waals surface area (Å²) < 4.78 is 0. The molecule has 0 amide bonds. The van der Waals surface area contributed by atoms with Gasteiger partial charge in [0.25, 0.3) is 0 Å². The van der Waals surface area contributed by atoms with Gasteiger partial charge in [0.05, 0.1) is 12.9 Å². The van der Waals surface area contributed by atoms with E-state index in [1.165, 1.54) is 6.34 Å². The maximum atomic E-state index is 10.1. The number of hydrogen-bond donors (Lipinski definition) is 2. The van der Waals surface area contributed by atoms with Crippen LogP contribution in [0.5, 0.6) is 0 Å². The predicted molar refractivity (Wildman–Crippen MR) is 54.3 cm³/mol. The molecule has 0 radical (unpaired) electrons. The van der Waals surface area contributed by atoms with Gasteiger partial charge in [0, 0.05) is 0 Å². The van der Waals surface area contributed by atoms with E-state index >= 15 is 0 Å². The Labute approximate surface area is 82.3 Å². The van der Waals surface area contributed by atoms with Crippen LogP contribution in [0.4, 0.5) is 0 Å². The van der Waals surface area contributed by atoms with E-state index in [1.54, 1.807) is 0 Å². The maximum absolute atomic E-state index is 10.1. The number of carbonyl (C=O) groups is 1. The Kier molecular flexibility index (Phi) is 4.20. The highest BCUT2D eigenvalue weighted by Crippen LogP contribution is 1.98. The second-order valence-electron chi connectivity index (χ2n) is 2.73. The van der Waals surface area contributed by atoms with Gasteiger partial charge in [-0.25, -0.2) is 0 Å². The van der Waals surface area contributed by atoms with Crippen LogP contribution in [0, 0.1) is 0 Å². The zero-order chi connectivity index (χ0) is 10.2. The van der Waals surface area contributed by atoms with Crippen molar-refractivity contribution in [1.82, 2.24) is 5.32 Å². The minimum absolute atomic E-state index is 0.0989. The van der Waals surface area contributed by atoms with Crippen molar-refractivity contribution in [3.8, 4) is 0 Å². The van der Waals surface area contributed by atoms with Gasteiger partial charge in [-0.1, -0.05) is 30.3 Å². The Morgan fingerprint density at radius 2 is 2.14 bits per heavy atom. The molecule has 0 aliphatic rings. The van der Waals surface area contributed by atoms with Crippen LogP contribution >= 0.6 is 0 Å². The number of nitrogens with one attached hydrogen (secondary N) is 1. The minimum atomic E-state index is -0.892. The maximum Gasteiger partial charge on any atom is 0.322 e. The van der Waals surface area contributed by atoms with Crippen LogP contribution in [-0.2, 0) is 11.3 Å². The van der Waals surface area contributed by atoms with Gasteiger partial charge in [-0.3, -0.25) is 9.79 Å². The van der Waals surface area contributed by atoms with Gasteiger partial charge in [0.1, 0.15) is 6.54 Å². The fraction of sp³-hybridized carbons (Fsp3) is 0.200. The van der Waals surface area contributed by atoms with Crippen molar-refractivity contribution < 1.29 is 9.90 Å². The number of rotatable bonds is 5. The smallest absolute Gasteiger partial charge is 0.322 e. The Morgan fingerprint density at radius 1 is 1.43 bits per heavy atom. The summed E-state index contributed by atoms with van der Waals surface area (Å²) in [5, 5.41) is 10.9. The molecule has 0 aliphatic heterocycles. The molecule has 74 valence electrons. The lowest BCUT2D eigenvalue weighted by atomic mass is 10.2. The van der Waals surface area contributed by atoms with Crippen molar-refractivity contribution in [3.05, 3.63) is 35.9 Å². The fourth-order valence-electron chi connectivity index (χ4n) is 0.932. The molecular formula is C10H12N2O2. The Balaban J connectivity index is 2.24. The largest absolute Gasteiger partial charge is 0.480 e. The van der Waals surface area contributed by atoms with E-state index in [4.69, 9.17) is 5.11 Å². The highest BCUT2D eigenvalue weighted by atomic mass is 16.4. The molecule has 1 aromatic rings. The van der Waals surface area contributed by atoms with Gasteiger partial charge in [0.2, 0.25) is 0 Å². The molecule has 0 unspecified atom stereocenters. The normalized spacial score (nSPS) is 10.3. The number of aliphatic carboxylic acids is 1. The quantitative estimate of drug-likeness (QED) is 0.538. The lowest BCUT2D eigenvalue weighted by Crippen LogP contribution is -2.20. The summed E-state index contributed by atoms with van der Waals surface area (Å²) >= 11 is 0. The molecule has 1 rings (SSSR count). The lowest BCUT2D eigenvalue weighted by molar-refractivity contribution is -0.135. The molecule has 0 bridgehead atoms. The van der Waals surface area contributed by atoms with Crippen LogP contribution in [0.3, 0.4) is 0 Å². The van der Waals surface area contributed by atoms with E-state index in [1.807, 2.05) is 30.3 Å². The van der Waals surface area contributed by atoms with E-state index in [2.05, 4.69) is 10.3 Å². The van der Waals surface area contributed by atoms with Crippen molar-refractivity contribution in [2.45, 2.75) is 6.54 Å². The van der Waals surface area contributed by atoms with E-state index in [0.29, 0.717) is 6.54 Å². The summed E-state index contributed by atoms with van der Waals surface area (Å²) in [6, 6.07) is 9.75. The zero-order valence-corrected chi connectivity index (χ0v) is 7.68. The van der Waals surface area contributed by atoms with Crippen LogP contribution in [0.25, 0.3) is 0 Å². The minimum Gasteiger partial charge on any atom is -0.480 e. The number of aliphatic imine (C=N–C) groups is 1. The molecule has 0 heterocycles. The second-order valence-corrected chi connectivity index (χ2v) is 2.73. The number of carboxylic acid groups (broad SMARTS) is 1. The SMILES string of the molecule is O=C(O)CNC=NCc1ccccc1. The molecule has 4 heteroatoms. The van der Waals surface area contributed by atoms with E-state index in [-0.39, 0.29) is 6.54 Å². The molecule has 0 saturated carbocycles. The molecule has 14 heavy (non-hydrogen) atoms. The predicted octanol–water partition coefficient (Wildman–Crippen LogP) is 0.889. The number of nitrogens with zero attached hydrogens (tertiary/aromatic N) is 1. The Bertz CT molecular complexity index is 309. The van der Waals surface area contributed by atoms with Crippen molar-refractivity contribution >= 4 is 12.3 Å². The van der Waals surface area contributed by atoms with Gasteiger partial charge in [-0.15, -0.1) is 0 Å². The lowest BCUT2D eigenvalue weighted by Gasteiger charge is -1.95. The van der Waals surface area contributed by atoms with Crippen molar-refractivity contribution in [2.75, 3.05) is 6.54 Å². The molecule has 0 saturated heterocycles. The van der Waals surface area contributed by atoms with Gasteiger partial charge < -0.3 is 10.4 Å².